The molecule has 7 nitrogen and oxygen atoms in total. The summed E-state index contributed by atoms with van der Waals surface area (Å²) in [6, 6.07) is 1.84. The van der Waals surface area contributed by atoms with Crippen molar-refractivity contribution in [2.45, 2.75) is 26.3 Å². The molecule has 1 aliphatic rings. The SMILES string of the molecule is CN=C(NCc1csc(C(C)C)n1)N1CCN(c2ncccn2)CC1.I. The maximum Gasteiger partial charge on any atom is 0.225 e. The lowest BCUT2D eigenvalue weighted by molar-refractivity contribution is 0.370. The molecule has 0 bridgehead atoms. The minimum absolute atomic E-state index is 0. The van der Waals surface area contributed by atoms with Gasteiger partial charge in [0.15, 0.2) is 5.96 Å². The maximum atomic E-state index is 4.67. The van der Waals surface area contributed by atoms with Crippen LogP contribution in [-0.2, 0) is 6.54 Å². The summed E-state index contributed by atoms with van der Waals surface area (Å²) < 4.78 is 0. The number of guanidine groups is 1. The summed E-state index contributed by atoms with van der Waals surface area (Å²) >= 11 is 1.73. The Hall–Kier alpha value is -1.49. The lowest BCUT2D eigenvalue weighted by atomic mass is 10.2. The summed E-state index contributed by atoms with van der Waals surface area (Å²) in [5.74, 6) is 2.20. The first-order valence-corrected chi connectivity index (χ1v) is 9.47. The molecule has 0 saturated carbocycles. The zero-order valence-corrected chi connectivity index (χ0v) is 18.6. The van der Waals surface area contributed by atoms with Crippen LogP contribution in [0.15, 0.2) is 28.8 Å². The highest BCUT2D eigenvalue weighted by Gasteiger charge is 2.21. The number of piperazine rings is 1. The van der Waals surface area contributed by atoms with Gasteiger partial charge in [-0.1, -0.05) is 13.8 Å². The molecule has 0 atom stereocenters. The van der Waals surface area contributed by atoms with E-state index in [1.807, 2.05) is 13.1 Å². The highest BCUT2D eigenvalue weighted by atomic mass is 127. The monoisotopic (exact) mass is 487 g/mol. The van der Waals surface area contributed by atoms with Crippen molar-refractivity contribution in [3.8, 4) is 0 Å². The van der Waals surface area contributed by atoms with Gasteiger partial charge in [-0.3, -0.25) is 4.99 Å². The fourth-order valence-electron chi connectivity index (χ4n) is 2.74. The summed E-state index contributed by atoms with van der Waals surface area (Å²) in [6.45, 7) is 8.62. The standard InChI is InChI=1S/C17H25N7S.HI/c1-13(2)15-22-14(12-25-15)11-21-16(18-3)23-7-9-24(10-8-23)17-19-5-4-6-20-17;/h4-6,12-13H,7-11H2,1-3H3,(H,18,21);1H. The molecule has 2 aromatic heterocycles. The average molecular weight is 487 g/mol. The Kier molecular flexibility index (Phi) is 8.01. The van der Waals surface area contributed by atoms with E-state index in [0.717, 1.165) is 43.8 Å². The van der Waals surface area contributed by atoms with Gasteiger partial charge in [-0.15, -0.1) is 35.3 Å². The van der Waals surface area contributed by atoms with E-state index >= 15 is 0 Å². The van der Waals surface area contributed by atoms with Crippen molar-refractivity contribution < 1.29 is 0 Å². The van der Waals surface area contributed by atoms with E-state index < -0.39 is 0 Å². The van der Waals surface area contributed by atoms with Crippen LogP contribution in [0.5, 0.6) is 0 Å². The minimum Gasteiger partial charge on any atom is -0.351 e. The third kappa shape index (κ3) is 5.26. The zero-order valence-electron chi connectivity index (χ0n) is 15.4. The highest BCUT2D eigenvalue weighted by Crippen LogP contribution is 2.19. The van der Waals surface area contributed by atoms with Crippen LogP contribution in [0, 0.1) is 0 Å². The number of thiazole rings is 1. The quantitative estimate of drug-likeness (QED) is 0.406. The van der Waals surface area contributed by atoms with Gasteiger partial charge in [0, 0.05) is 56.9 Å². The number of rotatable bonds is 4. The third-order valence-electron chi connectivity index (χ3n) is 4.12. The molecule has 1 aliphatic heterocycles. The largest absolute Gasteiger partial charge is 0.351 e. The van der Waals surface area contributed by atoms with E-state index in [1.165, 1.54) is 5.01 Å². The number of nitrogens with zero attached hydrogens (tertiary/aromatic N) is 6. The van der Waals surface area contributed by atoms with Gasteiger partial charge in [-0.05, 0) is 6.07 Å². The molecule has 0 unspecified atom stereocenters. The van der Waals surface area contributed by atoms with Crippen LogP contribution in [0.3, 0.4) is 0 Å². The fraction of sp³-hybridized carbons (Fsp3) is 0.529. The first-order valence-electron chi connectivity index (χ1n) is 8.59. The van der Waals surface area contributed by atoms with Crippen molar-refractivity contribution in [1.29, 1.82) is 0 Å². The molecule has 1 saturated heterocycles. The molecule has 0 aromatic carbocycles. The van der Waals surface area contributed by atoms with Crippen molar-refractivity contribution >= 4 is 47.2 Å². The Balaban J connectivity index is 0.00000243. The Morgan fingerprint density at radius 2 is 1.92 bits per heavy atom. The van der Waals surface area contributed by atoms with Crippen molar-refractivity contribution in [2.24, 2.45) is 4.99 Å². The van der Waals surface area contributed by atoms with Crippen LogP contribution >= 0.6 is 35.3 Å². The predicted octanol–water partition coefficient (Wildman–Crippen LogP) is 2.57. The van der Waals surface area contributed by atoms with Gasteiger partial charge >= 0.3 is 0 Å². The predicted molar refractivity (Wildman–Crippen MR) is 118 cm³/mol. The number of hydrogen-bond acceptors (Lipinski definition) is 6. The maximum absolute atomic E-state index is 4.67. The second-order valence-corrected chi connectivity index (χ2v) is 7.15. The molecular weight excluding hydrogens is 461 g/mol. The summed E-state index contributed by atoms with van der Waals surface area (Å²) in [4.78, 5) is 22.2. The van der Waals surface area contributed by atoms with E-state index in [1.54, 1.807) is 23.7 Å². The molecule has 0 spiro atoms. The molecule has 0 radical (unpaired) electrons. The molecule has 3 rings (SSSR count). The summed E-state index contributed by atoms with van der Waals surface area (Å²) in [5, 5.41) is 6.74. The Morgan fingerprint density at radius 3 is 2.50 bits per heavy atom. The minimum atomic E-state index is 0. The van der Waals surface area contributed by atoms with Crippen LogP contribution in [0.25, 0.3) is 0 Å². The first kappa shape index (κ1) is 20.8. The molecule has 2 aromatic rings. The van der Waals surface area contributed by atoms with Crippen molar-refractivity contribution in [3.05, 3.63) is 34.5 Å². The molecule has 0 amide bonds. The highest BCUT2D eigenvalue weighted by molar-refractivity contribution is 14.0. The summed E-state index contributed by atoms with van der Waals surface area (Å²) in [5.41, 5.74) is 1.08. The Bertz CT molecular complexity index is 696. The Labute approximate surface area is 176 Å². The van der Waals surface area contributed by atoms with Gasteiger partial charge in [0.05, 0.1) is 17.2 Å². The van der Waals surface area contributed by atoms with Crippen LogP contribution < -0.4 is 10.2 Å². The molecule has 142 valence electrons. The van der Waals surface area contributed by atoms with E-state index in [9.17, 15) is 0 Å². The molecule has 1 fully saturated rings. The molecule has 26 heavy (non-hydrogen) atoms. The van der Waals surface area contributed by atoms with Gasteiger partial charge in [-0.2, -0.15) is 0 Å². The van der Waals surface area contributed by atoms with E-state index in [0.29, 0.717) is 12.5 Å². The number of nitrogens with one attached hydrogen (secondary N) is 1. The zero-order chi connectivity index (χ0) is 17.6. The second-order valence-electron chi connectivity index (χ2n) is 6.26. The van der Waals surface area contributed by atoms with Crippen molar-refractivity contribution in [2.75, 3.05) is 38.1 Å². The number of aromatic nitrogens is 3. The second kappa shape index (κ2) is 10.0. The topological polar surface area (TPSA) is 69.5 Å². The summed E-state index contributed by atoms with van der Waals surface area (Å²) in [6.07, 6.45) is 3.57. The number of hydrogen-bond donors (Lipinski definition) is 1. The van der Waals surface area contributed by atoms with Crippen LogP contribution in [0.4, 0.5) is 5.95 Å². The summed E-state index contributed by atoms with van der Waals surface area (Å²) in [7, 11) is 1.83. The van der Waals surface area contributed by atoms with Gasteiger partial charge in [-0.25, -0.2) is 15.0 Å². The van der Waals surface area contributed by atoms with E-state index in [2.05, 4.69) is 54.3 Å². The molecule has 1 N–H and O–H groups in total. The molecule has 9 heteroatoms. The lowest BCUT2D eigenvalue weighted by Gasteiger charge is -2.36. The fourth-order valence-corrected chi connectivity index (χ4v) is 3.58. The number of anilines is 1. The number of aliphatic imine (C=N–C) groups is 1. The van der Waals surface area contributed by atoms with Gasteiger partial charge in [0.25, 0.3) is 0 Å². The van der Waals surface area contributed by atoms with Gasteiger partial charge in [0.2, 0.25) is 5.95 Å². The normalized spacial score (nSPS) is 15.2. The van der Waals surface area contributed by atoms with Crippen molar-refractivity contribution in [1.82, 2.24) is 25.2 Å². The van der Waals surface area contributed by atoms with Crippen LogP contribution in [0.1, 0.15) is 30.5 Å². The van der Waals surface area contributed by atoms with E-state index in [4.69, 9.17) is 0 Å². The third-order valence-corrected chi connectivity index (χ3v) is 5.31. The lowest BCUT2D eigenvalue weighted by Crippen LogP contribution is -2.52. The van der Waals surface area contributed by atoms with Crippen LogP contribution in [0.2, 0.25) is 0 Å². The Morgan fingerprint density at radius 1 is 1.23 bits per heavy atom. The average Bonchev–Trinajstić information content (AvgIpc) is 3.13. The molecule has 0 aliphatic carbocycles. The van der Waals surface area contributed by atoms with E-state index in [-0.39, 0.29) is 24.0 Å². The number of halogens is 1. The van der Waals surface area contributed by atoms with Gasteiger partial charge in [0.1, 0.15) is 0 Å². The molecule has 3 heterocycles. The van der Waals surface area contributed by atoms with Gasteiger partial charge < -0.3 is 15.1 Å². The van der Waals surface area contributed by atoms with Crippen molar-refractivity contribution in [3.63, 3.8) is 0 Å². The smallest absolute Gasteiger partial charge is 0.225 e. The molecular formula is C17H26IN7S. The first-order chi connectivity index (χ1) is 12.2. The van der Waals surface area contributed by atoms with Crippen LogP contribution in [-0.4, -0.2) is 59.0 Å².